The summed E-state index contributed by atoms with van der Waals surface area (Å²) in [5.74, 6) is -1.47. The predicted molar refractivity (Wildman–Crippen MR) is 72.4 cm³/mol. The standard InChI is InChI=1S/C13H15ClN2O3/c14-8-3-4-9(11(17)18)10(7-8)16-12(19)13(15)5-1-2-6-13/h3-4,7H,1-2,5-6,15H2,(H,16,19)(H,17,18). The van der Waals surface area contributed by atoms with E-state index < -0.39 is 11.5 Å². The van der Waals surface area contributed by atoms with Crippen LogP contribution in [0.4, 0.5) is 5.69 Å². The van der Waals surface area contributed by atoms with Gasteiger partial charge in [-0.3, -0.25) is 4.79 Å². The second-order valence-corrected chi connectivity index (χ2v) is 5.25. The van der Waals surface area contributed by atoms with E-state index in [1.165, 1.54) is 18.2 Å². The zero-order valence-electron chi connectivity index (χ0n) is 10.3. The minimum Gasteiger partial charge on any atom is -0.478 e. The van der Waals surface area contributed by atoms with E-state index in [1.807, 2.05) is 0 Å². The second kappa shape index (κ2) is 5.19. The van der Waals surface area contributed by atoms with E-state index in [0.717, 1.165) is 12.8 Å². The molecule has 2 rings (SSSR count). The molecule has 0 heterocycles. The Morgan fingerprint density at radius 3 is 2.53 bits per heavy atom. The molecule has 1 aromatic carbocycles. The summed E-state index contributed by atoms with van der Waals surface area (Å²) in [7, 11) is 0. The van der Waals surface area contributed by atoms with Crippen LogP contribution in [0, 0.1) is 0 Å². The van der Waals surface area contributed by atoms with Gasteiger partial charge < -0.3 is 16.2 Å². The number of rotatable bonds is 3. The van der Waals surface area contributed by atoms with Gasteiger partial charge in [-0.1, -0.05) is 24.4 Å². The van der Waals surface area contributed by atoms with Crippen molar-refractivity contribution in [3.8, 4) is 0 Å². The van der Waals surface area contributed by atoms with Gasteiger partial charge in [-0.05, 0) is 31.0 Å². The number of benzene rings is 1. The van der Waals surface area contributed by atoms with Crippen LogP contribution in [-0.4, -0.2) is 22.5 Å². The number of nitrogens with two attached hydrogens (primary N) is 1. The molecule has 0 saturated heterocycles. The Morgan fingerprint density at radius 1 is 1.32 bits per heavy atom. The maximum atomic E-state index is 12.2. The van der Waals surface area contributed by atoms with Gasteiger partial charge in [0.15, 0.2) is 0 Å². The minimum absolute atomic E-state index is 0.000605. The van der Waals surface area contributed by atoms with Gasteiger partial charge in [0.05, 0.1) is 16.8 Å². The molecule has 6 heteroatoms. The molecular formula is C13H15ClN2O3. The number of carboxylic acid groups (broad SMARTS) is 1. The summed E-state index contributed by atoms with van der Waals surface area (Å²) in [6.45, 7) is 0. The Labute approximate surface area is 115 Å². The van der Waals surface area contributed by atoms with E-state index in [-0.39, 0.29) is 17.2 Å². The third-order valence-corrected chi connectivity index (χ3v) is 3.64. The monoisotopic (exact) mass is 282 g/mol. The van der Waals surface area contributed by atoms with Crippen molar-refractivity contribution in [2.45, 2.75) is 31.2 Å². The number of carbonyl (C=O) groups excluding carboxylic acids is 1. The van der Waals surface area contributed by atoms with Crippen molar-refractivity contribution in [3.05, 3.63) is 28.8 Å². The summed E-state index contributed by atoms with van der Waals surface area (Å²) in [6.07, 6.45) is 3.04. The van der Waals surface area contributed by atoms with Gasteiger partial charge in [0, 0.05) is 5.02 Å². The summed E-state index contributed by atoms with van der Waals surface area (Å²) in [5, 5.41) is 12.0. The Balaban J connectivity index is 2.25. The SMILES string of the molecule is NC1(C(=O)Nc2cc(Cl)ccc2C(=O)O)CCCC1. The van der Waals surface area contributed by atoms with Gasteiger partial charge in [-0.2, -0.15) is 0 Å². The molecule has 1 saturated carbocycles. The number of halogens is 1. The molecule has 19 heavy (non-hydrogen) atoms. The smallest absolute Gasteiger partial charge is 0.337 e. The average molecular weight is 283 g/mol. The van der Waals surface area contributed by atoms with Crippen molar-refractivity contribution >= 4 is 29.2 Å². The highest BCUT2D eigenvalue weighted by Crippen LogP contribution is 2.29. The summed E-state index contributed by atoms with van der Waals surface area (Å²) < 4.78 is 0. The number of anilines is 1. The van der Waals surface area contributed by atoms with Crippen molar-refractivity contribution in [1.82, 2.24) is 0 Å². The molecule has 0 unspecified atom stereocenters. The lowest BCUT2D eigenvalue weighted by atomic mass is 9.98. The summed E-state index contributed by atoms with van der Waals surface area (Å²) in [6, 6.07) is 4.24. The molecule has 0 aromatic heterocycles. The molecule has 1 aliphatic carbocycles. The molecule has 4 N–H and O–H groups in total. The van der Waals surface area contributed by atoms with Crippen molar-refractivity contribution in [3.63, 3.8) is 0 Å². The minimum atomic E-state index is -1.12. The Bertz CT molecular complexity index is 525. The molecule has 0 radical (unpaired) electrons. The van der Waals surface area contributed by atoms with E-state index >= 15 is 0 Å². The van der Waals surface area contributed by atoms with E-state index in [2.05, 4.69) is 5.32 Å². The van der Waals surface area contributed by atoms with Crippen LogP contribution >= 0.6 is 11.6 Å². The zero-order valence-corrected chi connectivity index (χ0v) is 11.0. The normalized spacial score (nSPS) is 17.2. The molecular weight excluding hydrogens is 268 g/mol. The molecule has 1 aromatic rings. The highest BCUT2D eigenvalue weighted by molar-refractivity contribution is 6.31. The zero-order chi connectivity index (χ0) is 14.0. The van der Waals surface area contributed by atoms with Crippen LogP contribution in [0.1, 0.15) is 36.0 Å². The van der Waals surface area contributed by atoms with Gasteiger partial charge in [0.1, 0.15) is 0 Å². The summed E-state index contributed by atoms with van der Waals surface area (Å²) in [4.78, 5) is 23.2. The van der Waals surface area contributed by atoms with Gasteiger partial charge >= 0.3 is 5.97 Å². The topological polar surface area (TPSA) is 92.4 Å². The second-order valence-electron chi connectivity index (χ2n) is 4.81. The quantitative estimate of drug-likeness (QED) is 0.793. The molecule has 102 valence electrons. The number of hydrogen-bond acceptors (Lipinski definition) is 3. The fraction of sp³-hybridized carbons (Fsp3) is 0.385. The van der Waals surface area contributed by atoms with Gasteiger partial charge in [0.2, 0.25) is 5.91 Å². The van der Waals surface area contributed by atoms with Crippen LogP contribution in [0.15, 0.2) is 18.2 Å². The number of hydrogen-bond donors (Lipinski definition) is 3. The molecule has 0 atom stereocenters. The highest BCUT2D eigenvalue weighted by atomic mass is 35.5. The van der Waals surface area contributed by atoms with Crippen molar-refractivity contribution in [2.75, 3.05) is 5.32 Å². The predicted octanol–water partition coefficient (Wildman–Crippen LogP) is 2.25. The number of carboxylic acids is 1. The van der Waals surface area contributed by atoms with Crippen LogP contribution in [0.2, 0.25) is 5.02 Å². The van der Waals surface area contributed by atoms with Gasteiger partial charge in [-0.25, -0.2) is 4.79 Å². The lowest BCUT2D eigenvalue weighted by Gasteiger charge is -2.22. The molecule has 0 aliphatic heterocycles. The molecule has 1 aliphatic rings. The maximum absolute atomic E-state index is 12.2. The first-order valence-corrected chi connectivity index (χ1v) is 6.43. The van der Waals surface area contributed by atoms with Crippen LogP contribution < -0.4 is 11.1 Å². The highest BCUT2D eigenvalue weighted by Gasteiger charge is 2.37. The van der Waals surface area contributed by atoms with Crippen LogP contribution in [0.3, 0.4) is 0 Å². The number of amides is 1. The Hall–Kier alpha value is -1.59. The van der Waals surface area contributed by atoms with Gasteiger partial charge in [0.25, 0.3) is 0 Å². The molecule has 1 amide bonds. The van der Waals surface area contributed by atoms with E-state index in [4.69, 9.17) is 22.4 Å². The fourth-order valence-corrected chi connectivity index (χ4v) is 2.46. The third-order valence-electron chi connectivity index (χ3n) is 3.41. The lowest BCUT2D eigenvalue weighted by Crippen LogP contribution is -2.48. The van der Waals surface area contributed by atoms with Crippen LogP contribution in [-0.2, 0) is 4.79 Å². The fourth-order valence-electron chi connectivity index (χ4n) is 2.29. The third kappa shape index (κ3) is 2.88. The number of nitrogens with one attached hydrogen (secondary N) is 1. The van der Waals surface area contributed by atoms with Crippen molar-refractivity contribution in [1.29, 1.82) is 0 Å². The average Bonchev–Trinajstić information content (AvgIpc) is 2.77. The molecule has 0 bridgehead atoms. The van der Waals surface area contributed by atoms with Gasteiger partial charge in [-0.15, -0.1) is 0 Å². The summed E-state index contributed by atoms with van der Waals surface area (Å²) >= 11 is 5.82. The Kier molecular flexibility index (Phi) is 3.78. The largest absolute Gasteiger partial charge is 0.478 e. The number of carbonyl (C=O) groups is 2. The maximum Gasteiger partial charge on any atom is 0.337 e. The lowest BCUT2D eigenvalue weighted by molar-refractivity contribution is -0.121. The van der Waals surface area contributed by atoms with Crippen molar-refractivity contribution in [2.24, 2.45) is 5.73 Å². The summed E-state index contributed by atoms with van der Waals surface area (Å²) in [5.41, 5.74) is 5.30. The Morgan fingerprint density at radius 2 is 1.95 bits per heavy atom. The van der Waals surface area contributed by atoms with E-state index in [9.17, 15) is 9.59 Å². The first-order chi connectivity index (χ1) is 8.92. The van der Waals surface area contributed by atoms with E-state index in [0.29, 0.717) is 17.9 Å². The van der Waals surface area contributed by atoms with E-state index in [1.54, 1.807) is 0 Å². The van der Waals surface area contributed by atoms with Crippen LogP contribution in [0.25, 0.3) is 0 Å². The van der Waals surface area contributed by atoms with Crippen molar-refractivity contribution < 1.29 is 14.7 Å². The first-order valence-electron chi connectivity index (χ1n) is 6.05. The first kappa shape index (κ1) is 13.8. The number of aromatic carboxylic acids is 1. The van der Waals surface area contributed by atoms with Crippen LogP contribution in [0.5, 0.6) is 0 Å². The molecule has 1 fully saturated rings. The molecule has 0 spiro atoms. The molecule has 5 nitrogen and oxygen atoms in total.